The fourth-order valence-electron chi connectivity index (χ4n) is 2.41. The van der Waals surface area contributed by atoms with Gasteiger partial charge in [0.25, 0.3) is 5.91 Å². The van der Waals surface area contributed by atoms with Crippen molar-refractivity contribution in [2.24, 2.45) is 0 Å². The molecule has 0 bridgehead atoms. The van der Waals surface area contributed by atoms with Gasteiger partial charge in [-0.2, -0.15) is 0 Å². The number of halogens is 1. The quantitative estimate of drug-likeness (QED) is 0.816. The first-order valence-electron chi connectivity index (χ1n) is 6.97. The first kappa shape index (κ1) is 14.8. The normalized spacial score (nSPS) is 14.3. The van der Waals surface area contributed by atoms with Gasteiger partial charge in [0.2, 0.25) is 0 Å². The molecule has 0 spiro atoms. The highest BCUT2D eigenvalue weighted by atomic mass is 19.1. The average Bonchev–Trinajstić information content (AvgIpc) is 2.82. The van der Waals surface area contributed by atoms with Crippen molar-refractivity contribution in [1.82, 2.24) is 10.4 Å². The van der Waals surface area contributed by atoms with Crippen LogP contribution in [0.25, 0.3) is 5.57 Å². The third-order valence-corrected chi connectivity index (χ3v) is 3.52. The van der Waals surface area contributed by atoms with Crippen LogP contribution in [0.4, 0.5) is 4.39 Å². The maximum atomic E-state index is 13.6. The second-order valence-corrected chi connectivity index (χ2v) is 5.04. The molecular formula is C17H14FN3O2. The zero-order valence-electron chi connectivity index (χ0n) is 12.1. The van der Waals surface area contributed by atoms with E-state index in [1.54, 1.807) is 30.3 Å². The lowest BCUT2D eigenvalue weighted by molar-refractivity contribution is 0.0870. The summed E-state index contributed by atoms with van der Waals surface area (Å²) >= 11 is 0. The molecule has 0 radical (unpaired) electrons. The lowest BCUT2D eigenvalue weighted by atomic mass is 10.1. The minimum Gasteiger partial charge on any atom is -0.510 e. The van der Waals surface area contributed by atoms with Gasteiger partial charge in [-0.1, -0.05) is 42.5 Å². The van der Waals surface area contributed by atoms with E-state index >= 15 is 0 Å². The number of amidine groups is 1. The Morgan fingerprint density at radius 3 is 2.48 bits per heavy atom. The fraction of sp³-hybridized carbons (Fsp3) is 0.0588. The molecular weight excluding hydrogens is 297 g/mol. The summed E-state index contributed by atoms with van der Waals surface area (Å²) in [5.41, 5.74) is 3.35. The Bertz CT molecular complexity index is 802. The van der Waals surface area contributed by atoms with E-state index in [-0.39, 0.29) is 23.7 Å². The van der Waals surface area contributed by atoms with Gasteiger partial charge in [-0.25, -0.2) is 4.39 Å². The molecule has 6 heteroatoms. The maximum absolute atomic E-state index is 13.6. The van der Waals surface area contributed by atoms with Gasteiger partial charge < -0.3 is 5.11 Å². The minimum absolute atomic E-state index is 0.0185. The summed E-state index contributed by atoms with van der Waals surface area (Å²) in [6.45, 7) is -0.0384. The monoisotopic (exact) mass is 311 g/mol. The van der Waals surface area contributed by atoms with Crippen LogP contribution >= 0.6 is 0 Å². The molecule has 1 heterocycles. The van der Waals surface area contributed by atoms with Gasteiger partial charge in [-0.05, 0) is 17.7 Å². The Balaban J connectivity index is 1.79. The van der Waals surface area contributed by atoms with Crippen molar-refractivity contribution in [1.29, 1.82) is 5.41 Å². The zero-order valence-corrected chi connectivity index (χ0v) is 12.1. The third kappa shape index (κ3) is 2.78. The summed E-state index contributed by atoms with van der Waals surface area (Å²) in [5, 5.41) is 19.4. The number of nitrogens with one attached hydrogen (secondary N) is 2. The smallest absolute Gasteiger partial charge is 0.272 e. The lowest BCUT2D eigenvalue weighted by Gasteiger charge is -2.20. The van der Waals surface area contributed by atoms with Crippen LogP contribution in [0.5, 0.6) is 0 Å². The SMILES string of the molecule is N=C1C(c2ccccc2)=C(O)CN1NC(=O)c1ccccc1F. The molecule has 0 atom stereocenters. The van der Waals surface area contributed by atoms with E-state index in [0.717, 1.165) is 0 Å². The Morgan fingerprint density at radius 1 is 1.13 bits per heavy atom. The van der Waals surface area contributed by atoms with Crippen molar-refractivity contribution in [3.8, 4) is 0 Å². The number of carbonyl (C=O) groups excluding carboxylic acids is 1. The van der Waals surface area contributed by atoms with Crippen LogP contribution in [0.2, 0.25) is 0 Å². The Hall–Kier alpha value is -3.15. The van der Waals surface area contributed by atoms with Crippen LogP contribution in [0.1, 0.15) is 15.9 Å². The summed E-state index contributed by atoms with van der Waals surface area (Å²) in [4.78, 5) is 12.1. The number of benzene rings is 2. The largest absolute Gasteiger partial charge is 0.510 e. The van der Waals surface area contributed by atoms with E-state index in [1.807, 2.05) is 6.07 Å². The highest BCUT2D eigenvalue weighted by Crippen LogP contribution is 2.26. The fourth-order valence-corrected chi connectivity index (χ4v) is 2.41. The molecule has 0 aliphatic carbocycles. The minimum atomic E-state index is -0.671. The van der Waals surface area contributed by atoms with Crippen LogP contribution in [-0.2, 0) is 0 Å². The number of hydrazine groups is 1. The predicted molar refractivity (Wildman–Crippen MR) is 84.3 cm³/mol. The van der Waals surface area contributed by atoms with Crippen molar-refractivity contribution in [3.05, 3.63) is 77.3 Å². The van der Waals surface area contributed by atoms with Gasteiger partial charge in [0.05, 0.1) is 17.7 Å². The summed E-state index contributed by atoms with van der Waals surface area (Å²) < 4.78 is 13.6. The predicted octanol–water partition coefficient (Wildman–Crippen LogP) is 2.73. The number of nitrogens with zero attached hydrogens (tertiary/aromatic N) is 1. The van der Waals surface area contributed by atoms with Gasteiger partial charge in [0, 0.05) is 0 Å². The van der Waals surface area contributed by atoms with Crippen molar-refractivity contribution in [3.63, 3.8) is 0 Å². The number of aliphatic hydroxyl groups excluding tert-OH is 1. The first-order chi connectivity index (χ1) is 11.1. The second-order valence-electron chi connectivity index (χ2n) is 5.04. The molecule has 0 saturated heterocycles. The van der Waals surface area contributed by atoms with Crippen LogP contribution in [0.15, 0.2) is 60.4 Å². The summed E-state index contributed by atoms with van der Waals surface area (Å²) in [6, 6.07) is 14.5. The van der Waals surface area contributed by atoms with Crippen molar-refractivity contribution in [2.45, 2.75) is 0 Å². The first-order valence-corrected chi connectivity index (χ1v) is 6.97. The molecule has 23 heavy (non-hydrogen) atoms. The third-order valence-electron chi connectivity index (χ3n) is 3.52. The van der Waals surface area contributed by atoms with Crippen molar-refractivity contribution >= 4 is 17.3 Å². The lowest BCUT2D eigenvalue weighted by Crippen LogP contribution is -2.44. The molecule has 1 amide bonds. The molecule has 2 aromatic carbocycles. The maximum Gasteiger partial charge on any atom is 0.272 e. The number of hydrogen-bond acceptors (Lipinski definition) is 3. The molecule has 3 rings (SSSR count). The molecule has 0 unspecified atom stereocenters. The van der Waals surface area contributed by atoms with Gasteiger partial charge in [-0.15, -0.1) is 0 Å². The van der Waals surface area contributed by atoms with Crippen LogP contribution in [0.3, 0.4) is 0 Å². The summed E-state index contributed by atoms with van der Waals surface area (Å²) in [7, 11) is 0. The number of rotatable bonds is 3. The Kier molecular flexibility index (Phi) is 3.80. The van der Waals surface area contributed by atoms with E-state index in [1.165, 1.54) is 23.2 Å². The zero-order chi connectivity index (χ0) is 16.4. The van der Waals surface area contributed by atoms with Gasteiger partial charge in [0.1, 0.15) is 11.6 Å². The number of amides is 1. The van der Waals surface area contributed by atoms with Gasteiger partial charge in [-0.3, -0.25) is 20.6 Å². The van der Waals surface area contributed by atoms with Crippen molar-refractivity contribution in [2.75, 3.05) is 6.54 Å². The molecule has 0 aromatic heterocycles. The van der Waals surface area contributed by atoms with Crippen LogP contribution in [0, 0.1) is 11.2 Å². The molecule has 116 valence electrons. The van der Waals surface area contributed by atoms with E-state index < -0.39 is 11.7 Å². The molecule has 1 aliphatic heterocycles. The summed E-state index contributed by atoms with van der Waals surface area (Å²) in [6.07, 6.45) is 0. The Morgan fingerprint density at radius 2 is 1.78 bits per heavy atom. The second kappa shape index (κ2) is 5.92. The van der Waals surface area contributed by atoms with Crippen LogP contribution in [-0.4, -0.2) is 28.4 Å². The van der Waals surface area contributed by atoms with Crippen LogP contribution < -0.4 is 5.43 Å². The summed E-state index contributed by atoms with van der Waals surface area (Å²) in [5.74, 6) is -1.38. The average molecular weight is 311 g/mol. The van der Waals surface area contributed by atoms with E-state index in [0.29, 0.717) is 11.1 Å². The number of hydrogen-bond donors (Lipinski definition) is 3. The van der Waals surface area contributed by atoms with E-state index in [2.05, 4.69) is 5.43 Å². The highest BCUT2D eigenvalue weighted by molar-refractivity contribution is 6.24. The molecule has 0 saturated carbocycles. The van der Waals surface area contributed by atoms with E-state index in [4.69, 9.17) is 5.41 Å². The van der Waals surface area contributed by atoms with Crippen molar-refractivity contribution < 1.29 is 14.3 Å². The molecule has 3 N–H and O–H groups in total. The number of aliphatic hydroxyl groups is 1. The molecule has 1 aliphatic rings. The standard InChI is InChI=1S/C17H14FN3O2/c18-13-9-5-4-8-12(13)17(23)20-21-10-14(22)15(16(21)19)11-6-2-1-3-7-11/h1-9,19,22H,10H2,(H,20,23). The highest BCUT2D eigenvalue weighted by Gasteiger charge is 2.30. The molecule has 2 aromatic rings. The number of carbonyl (C=O) groups is 1. The topological polar surface area (TPSA) is 76.4 Å². The van der Waals surface area contributed by atoms with Gasteiger partial charge >= 0.3 is 0 Å². The Labute approximate surface area is 132 Å². The van der Waals surface area contributed by atoms with Gasteiger partial charge in [0.15, 0.2) is 5.84 Å². The molecule has 5 nitrogen and oxygen atoms in total. The molecule has 0 fully saturated rings. The van der Waals surface area contributed by atoms with E-state index in [9.17, 15) is 14.3 Å².